The van der Waals surface area contributed by atoms with Gasteiger partial charge in [0.15, 0.2) is 5.78 Å². The van der Waals surface area contributed by atoms with Crippen molar-refractivity contribution in [3.05, 3.63) is 101 Å². The van der Waals surface area contributed by atoms with Gasteiger partial charge >= 0.3 is 12.1 Å². The number of unbranched alkanes of at least 4 members (excludes halogenated alkanes) is 2. The Morgan fingerprint density at radius 3 is 2.32 bits per heavy atom. The number of Topliss-reactive ketones (excluding diaryl/α,β-unsaturated/α-hetero) is 1. The maximum absolute atomic E-state index is 14.1. The molecule has 1 N–H and O–H groups in total. The average molecular weight is 567 g/mol. The van der Waals surface area contributed by atoms with Gasteiger partial charge in [-0.1, -0.05) is 56.2 Å². The van der Waals surface area contributed by atoms with Crippen molar-refractivity contribution in [3.8, 4) is 5.75 Å². The van der Waals surface area contributed by atoms with Gasteiger partial charge in [0.05, 0.1) is 24.0 Å². The van der Waals surface area contributed by atoms with Crippen LogP contribution in [0.25, 0.3) is 0 Å². The Kier molecular flexibility index (Phi) is 8.15. The number of nitrogens with one attached hydrogen (secondary N) is 1. The minimum absolute atomic E-state index is 0.00562. The van der Waals surface area contributed by atoms with Crippen molar-refractivity contribution in [1.82, 2.24) is 0 Å². The lowest BCUT2D eigenvalue weighted by molar-refractivity contribution is -0.170. The van der Waals surface area contributed by atoms with Crippen molar-refractivity contribution in [1.29, 1.82) is 0 Å². The summed E-state index contributed by atoms with van der Waals surface area (Å²) in [4.78, 5) is 27.6. The number of halogens is 4. The van der Waals surface area contributed by atoms with Gasteiger partial charge in [-0.2, -0.15) is 13.2 Å². The summed E-state index contributed by atoms with van der Waals surface area (Å²) in [5.41, 5.74) is 1.93. The molecule has 1 aliphatic carbocycles. The van der Waals surface area contributed by atoms with Crippen molar-refractivity contribution < 1.29 is 31.9 Å². The van der Waals surface area contributed by atoms with Crippen LogP contribution >= 0.6 is 0 Å². The van der Waals surface area contributed by atoms with E-state index in [1.54, 1.807) is 54.6 Å². The predicted molar refractivity (Wildman–Crippen MR) is 148 cm³/mol. The molecule has 1 heterocycles. The molecule has 5 nitrogen and oxygen atoms in total. The van der Waals surface area contributed by atoms with Gasteiger partial charge in [0.2, 0.25) is 0 Å². The molecule has 2 atom stereocenters. The number of rotatable bonds is 7. The maximum atomic E-state index is 14.1. The minimum Gasteiger partial charge on any atom is -0.494 e. The van der Waals surface area contributed by atoms with E-state index in [1.165, 1.54) is 18.2 Å². The number of hydrogen-bond acceptors (Lipinski definition) is 4. The largest absolute Gasteiger partial charge is 0.494 e. The fraction of sp³-hybridized carbons (Fsp3) is 0.312. The molecular weight excluding hydrogens is 536 g/mol. The summed E-state index contributed by atoms with van der Waals surface area (Å²) in [6.45, 7) is 2.59. The second-order valence-electron chi connectivity index (χ2n) is 10.3. The summed E-state index contributed by atoms with van der Waals surface area (Å²) in [5.74, 6) is -2.63. The van der Waals surface area contributed by atoms with Crippen LogP contribution in [0.3, 0.4) is 0 Å². The zero-order valence-corrected chi connectivity index (χ0v) is 22.5. The lowest BCUT2D eigenvalue weighted by Crippen LogP contribution is -2.45. The second-order valence-corrected chi connectivity index (χ2v) is 10.3. The number of benzene rings is 3. The third-order valence-corrected chi connectivity index (χ3v) is 7.50. The molecule has 1 amide bonds. The van der Waals surface area contributed by atoms with Crippen LogP contribution in [0.15, 0.2) is 84.1 Å². The molecule has 214 valence electrons. The molecule has 3 aromatic carbocycles. The van der Waals surface area contributed by atoms with Gasteiger partial charge in [-0.05, 0) is 66.3 Å². The Bertz CT molecular complexity index is 1450. The molecule has 5 rings (SSSR count). The van der Waals surface area contributed by atoms with Gasteiger partial charge in [0, 0.05) is 17.7 Å². The number of allylic oxidation sites excluding steroid dienone is 1. The van der Waals surface area contributed by atoms with E-state index in [0.29, 0.717) is 34.9 Å². The molecule has 3 aromatic rings. The molecule has 0 fully saturated rings. The first kappa shape index (κ1) is 28.4. The van der Waals surface area contributed by atoms with Crippen LogP contribution in [-0.4, -0.2) is 24.5 Å². The number of carbonyl (C=O) groups is 2. The van der Waals surface area contributed by atoms with E-state index in [-0.39, 0.29) is 35.1 Å². The molecule has 2 unspecified atom stereocenters. The van der Waals surface area contributed by atoms with E-state index in [4.69, 9.17) is 4.74 Å². The highest BCUT2D eigenvalue weighted by Crippen LogP contribution is 2.48. The molecular formula is C32H30F4N2O3. The summed E-state index contributed by atoms with van der Waals surface area (Å²) in [5, 5.41) is 3.19. The number of fused-ring (bicyclic) bond motifs is 1. The molecule has 1 aliphatic heterocycles. The molecule has 0 spiro atoms. The molecule has 9 heteroatoms. The Balaban J connectivity index is 1.62. The summed E-state index contributed by atoms with van der Waals surface area (Å²) in [7, 11) is 0. The van der Waals surface area contributed by atoms with Crippen molar-refractivity contribution in [2.24, 2.45) is 0 Å². The van der Waals surface area contributed by atoms with Gasteiger partial charge < -0.3 is 10.1 Å². The summed E-state index contributed by atoms with van der Waals surface area (Å²) in [6, 6.07) is 17.3. The SMILES string of the molecule is CCCCCOc1ccc(C2C3=C(CC(c4ccc(F)cc4)CC3=O)Nc3ccccc3N2C(=O)C(F)(F)F)cc1. The molecule has 0 aromatic heterocycles. The maximum Gasteiger partial charge on any atom is 0.471 e. The van der Waals surface area contributed by atoms with Crippen LogP contribution < -0.4 is 15.0 Å². The number of amides is 1. The van der Waals surface area contributed by atoms with E-state index in [1.807, 2.05) is 0 Å². The summed E-state index contributed by atoms with van der Waals surface area (Å²) >= 11 is 0. The normalized spacial score (nSPS) is 18.8. The van der Waals surface area contributed by atoms with E-state index in [9.17, 15) is 27.2 Å². The average Bonchev–Trinajstić information content (AvgIpc) is 3.10. The van der Waals surface area contributed by atoms with E-state index in [0.717, 1.165) is 24.8 Å². The molecule has 2 aliphatic rings. The number of ether oxygens (including phenoxy) is 1. The van der Waals surface area contributed by atoms with Crippen LogP contribution in [0.1, 0.15) is 62.1 Å². The van der Waals surface area contributed by atoms with Crippen LogP contribution in [0, 0.1) is 5.82 Å². The van der Waals surface area contributed by atoms with Crippen molar-refractivity contribution >= 4 is 23.1 Å². The molecule has 0 saturated carbocycles. The second kappa shape index (κ2) is 11.8. The number of nitrogens with zero attached hydrogens (tertiary/aromatic N) is 1. The lowest BCUT2D eigenvalue weighted by Gasteiger charge is -2.35. The Labute approximate surface area is 235 Å². The fourth-order valence-corrected chi connectivity index (χ4v) is 5.52. The van der Waals surface area contributed by atoms with Crippen molar-refractivity contribution in [2.45, 2.75) is 57.2 Å². The van der Waals surface area contributed by atoms with Gasteiger partial charge in [0.25, 0.3) is 0 Å². The zero-order valence-electron chi connectivity index (χ0n) is 22.5. The number of anilines is 2. The number of hydrogen-bond donors (Lipinski definition) is 1. The number of alkyl halides is 3. The lowest BCUT2D eigenvalue weighted by atomic mass is 9.78. The Morgan fingerprint density at radius 2 is 1.63 bits per heavy atom. The van der Waals surface area contributed by atoms with Gasteiger partial charge in [-0.3, -0.25) is 14.5 Å². The number of para-hydroxylation sites is 2. The van der Waals surface area contributed by atoms with Gasteiger partial charge in [0.1, 0.15) is 11.6 Å². The molecule has 41 heavy (non-hydrogen) atoms. The minimum atomic E-state index is -5.19. The monoisotopic (exact) mass is 566 g/mol. The molecule has 0 radical (unpaired) electrons. The first-order valence-corrected chi connectivity index (χ1v) is 13.7. The quantitative estimate of drug-likeness (QED) is 0.234. The third kappa shape index (κ3) is 5.99. The van der Waals surface area contributed by atoms with E-state index < -0.39 is 23.9 Å². The molecule has 0 saturated heterocycles. The van der Waals surface area contributed by atoms with Crippen LogP contribution in [0.4, 0.5) is 28.9 Å². The van der Waals surface area contributed by atoms with Crippen molar-refractivity contribution in [3.63, 3.8) is 0 Å². The Morgan fingerprint density at radius 1 is 0.951 bits per heavy atom. The van der Waals surface area contributed by atoms with Crippen LogP contribution in [-0.2, 0) is 9.59 Å². The standard InChI is InChI=1S/C32H30F4N2O3/c1-2-3-6-17-41-24-15-11-21(12-16-24)30-29-26(18-22(19-28(29)39)20-9-13-23(33)14-10-20)37-25-7-4-5-8-27(25)38(30)31(40)32(34,35)36/h4-5,7-16,22,30,37H,2-3,6,17-19H2,1H3. The number of carbonyl (C=O) groups excluding carboxylic acids is 2. The number of ketones is 1. The summed E-state index contributed by atoms with van der Waals surface area (Å²) < 4.78 is 61.6. The highest BCUT2D eigenvalue weighted by atomic mass is 19.4. The first-order valence-electron chi connectivity index (χ1n) is 13.7. The predicted octanol–water partition coefficient (Wildman–Crippen LogP) is 7.86. The van der Waals surface area contributed by atoms with Gasteiger partial charge in [-0.15, -0.1) is 0 Å². The smallest absolute Gasteiger partial charge is 0.471 e. The highest BCUT2D eigenvalue weighted by Gasteiger charge is 2.50. The van der Waals surface area contributed by atoms with Crippen LogP contribution in [0.2, 0.25) is 0 Å². The Hall–Kier alpha value is -4.14. The van der Waals surface area contributed by atoms with E-state index >= 15 is 0 Å². The van der Waals surface area contributed by atoms with E-state index in [2.05, 4.69) is 12.2 Å². The van der Waals surface area contributed by atoms with Gasteiger partial charge in [-0.25, -0.2) is 4.39 Å². The summed E-state index contributed by atoms with van der Waals surface area (Å²) in [6.07, 6.45) is -1.96. The first-order chi connectivity index (χ1) is 19.7. The zero-order chi connectivity index (χ0) is 29.1. The topological polar surface area (TPSA) is 58.6 Å². The highest BCUT2D eigenvalue weighted by molar-refractivity contribution is 6.07. The van der Waals surface area contributed by atoms with Crippen molar-refractivity contribution in [2.75, 3.05) is 16.8 Å². The fourth-order valence-electron chi connectivity index (χ4n) is 5.52. The van der Waals surface area contributed by atoms with Crippen LogP contribution in [0.5, 0.6) is 5.75 Å². The third-order valence-electron chi connectivity index (χ3n) is 7.50. The molecule has 0 bridgehead atoms.